The normalized spacial score (nSPS) is 18.9. The van der Waals surface area contributed by atoms with E-state index in [4.69, 9.17) is 9.47 Å². The zero-order chi connectivity index (χ0) is 18.7. The lowest BCUT2D eigenvalue weighted by Crippen LogP contribution is -2.47. The Morgan fingerprint density at radius 1 is 1.23 bits per heavy atom. The van der Waals surface area contributed by atoms with Crippen LogP contribution in [0.2, 0.25) is 0 Å². The molecule has 0 N–H and O–H groups in total. The molecule has 1 aromatic carbocycles. The average Bonchev–Trinajstić information content (AvgIpc) is 3.10. The van der Waals surface area contributed by atoms with Gasteiger partial charge in [-0.25, -0.2) is 0 Å². The number of ether oxygens (including phenoxy) is 2. The van der Waals surface area contributed by atoms with Gasteiger partial charge in [0.15, 0.2) is 11.5 Å². The lowest BCUT2D eigenvalue weighted by molar-refractivity contribution is -0.143. The molecule has 2 heterocycles. The number of hydrogen-bond donors (Lipinski definition) is 0. The summed E-state index contributed by atoms with van der Waals surface area (Å²) >= 11 is 0. The Kier molecular flexibility index (Phi) is 5.69. The van der Waals surface area contributed by atoms with Crippen molar-refractivity contribution in [3.05, 3.63) is 23.8 Å². The Balaban J connectivity index is 1.77. The second-order valence-electron chi connectivity index (χ2n) is 7.46. The summed E-state index contributed by atoms with van der Waals surface area (Å²) < 4.78 is 11.2. The second-order valence-corrected chi connectivity index (χ2v) is 7.46. The molecule has 0 aromatic heterocycles. The van der Waals surface area contributed by atoms with Crippen LogP contribution >= 0.6 is 0 Å². The molecule has 0 saturated carbocycles. The highest BCUT2D eigenvalue weighted by molar-refractivity contribution is 5.87. The van der Waals surface area contributed by atoms with Gasteiger partial charge in [-0.1, -0.05) is 19.9 Å². The van der Waals surface area contributed by atoms with Crippen molar-refractivity contribution in [3.8, 4) is 11.5 Å². The molecule has 26 heavy (non-hydrogen) atoms. The summed E-state index contributed by atoms with van der Waals surface area (Å²) in [6.07, 6.45) is 1.63. The zero-order valence-electron chi connectivity index (χ0n) is 15.9. The fourth-order valence-electron chi connectivity index (χ4n) is 3.69. The first kappa shape index (κ1) is 18.5. The molecule has 142 valence electrons. The Morgan fingerprint density at radius 2 is 1.96 bits per heavy atom. The van der Waals surface area contributed by atoms with E-state index in [0.717, 1.165) is 29.9 Å². The van der Waals surface area contributed by atoms with Gasteiger partial charge >= 0.3 is 0 Å². The van der Waals surface area contributed by atoms with E-state index in [-0.39, 0.29) is 17.9 Å². The SMILES string of the molecule is CC(=O)N1CCC[C@@H]1C(=O)N(Cc1ccc2c(c1)OCCO2)CC(C)C. The molecule has 0 radical (unpaired) electrons. The number of amides is 2. The van der Waals surface area contributed by atoms with Crippen LogP contribution in [0.4, 0.5) is 0 Å². The van der Waals surface area contributed by atoms with Gasteiger partial charge in [0.25, 0.3) is 0 Å². The predicted molar refractivity (Wildman–Crippen MR) is 98.1 cm³/mol. The van der Waals surface area contributed by atoms with Crippen LogP contribution in [-0.2, 0) is 16.1 Å². The first-order chi connectivity index (χ1) is 12.5. The van der Waals surface area contributed by atoms with Gasteiger partial charge < -0.3 is 19.3 Å². The maximum absolute atomic E-state index is 13.2. The third-order valence-corrected chi connectivity index (χ3v) is 4.82. The van der Waals surface area contributed by atoms with E-state index in [9.17, 15) is 9.59 Å². The van der Waals surface area contributed by atoms with E-state index in [1.54, 1.807) is 11.8 Å². The van der Waals surface area contributed by atoms with Crippen molar-refractivity contribution in [2.45, 2.75) is 46.2 Å². The summed E-state index contributed by atoms with van der Waals surface area (Å²) in [5, 5.41) is 0. The third kappa shape index (κ3) is 4.11. The van der Waals surface area contributed by atoms with Crippen LogP contribution in [0, 0.1) is 5.92 Å². The van der Waals surface area contributed by atoms with Crippen molar-refractivity contribution in [1.29, 1.82) is 0 Å². The zero-order valence-corrected chi connectivity index (χ0v) is 15.9. The fourth-order valence-corrected chi connectivity index (χ4v) is 3.69. The molecule has 2 amide bonds. The molecule has 6 heteroatoms. The van der Waals surface area contributed by atoms with Gasteiger partial charge in [-0.15, -0.1) is 0 Å². The fraction of sp³-hybridized carbons (Fsp3) is 0.600. The van der Waals surface area contributed by atoms with Gasteiger partial charge in [0.2, 0.25) is 11.8 Å². The summed E-state index contributed by atoms with van der Waals surface area (Å²) in [5.41, 5.74) is 1.01. The minimum Gasteiger partial charge on any atom is -0.486 e. The van der Waals surface area contributed by atoms with E-state index in [0.29, 0.717) is 38.8 Å². The van der Waals surface area contributed by atoms with Crippen molar-refractivity contribution in [1.82, 2.24) is 9.80 Å². The van der Waals surface area contributed by atoms with E-state index in [1.165, 1.54) is 0 Å². The first-order valence-corrected chi connectivity index (χ1v) is 9.40. The number of benzene rings is 1. The molecular formula is C20H28N2O4. The van der Waals surface area contributed by atoms with Crippen molar-refractivity contribution in [2.75, 3.05) is 26.3 Å². The van der Waals surface area contributed by atoms with Crippen molar-refractivity contribution >= 4 is 11.8 Å². The number of rotatable bonds is 5. The number of nitrogens with zero attached hydrogens (tertiary/aromatic N) is 2. The summed E-state index contributed by atoms with van der Waals surface area (Å²) in [5.74, 6) is 1.85. The van der Waals surface area contributed by atoms with E-state index >= 15 is 0 Å². The van der Waals surface area contributed by atoms with Crippen LogP contribution in [0.3, 0.4) is 0 Å². The summed E-state index contributed by atoms with van der Waals surface area (Å²) in [4.78, 5) is 28.6. The van der Waals surface area contributed by atoms with Gasteiger partial charge in [0.1, 0.15) is 19.3 Å². The molecule has 2 aliphatic rings. The van der Waals surface area contributed by atoms with Crippen molar-refractivity contribution in [2.24, 2.45) is 5.92 Å². The number of likely N-dealkylation sites (tertiary alicyclic amines) is 1. The third-order valence-electron chi connectivity index (χ3n) is 4.82. The van der Waals surface area contributed by atoms with Crippen molar-refractivity contribution in [3.63, 3.8) is 0 Å². The second kappa shape index (κ2) is 7.98. The Hall–Kier alpha value is -2.24. The molecule has 0 bridgehead atoms. The number of carbonyl (C=O) groups excluding carboxylic acids is 2. The van der Waals surface area contributed by atoms with Gasteiger partial charge in [0, 0.05) is 26.6 Å². The minimum absolute atomic E-state index is 0.0234. The quantitative estimate of drug-likeness (QED) is 0.809. The highest BCUT2D eigenvalue weighted by Gasteiger charge is 2.35. The largest absolute Gasteiger partial charge is 0.486 e. The molecule has 0 spiro atoms. The Labute approximate surface area is 155 Å². The standard InChI is InChI=1S/C20H28N2O4/c1-14(2)12-21(20(24)17-5-4-8-22(17)15(3)23)13-16-6-7-18-19(11-16)26-10-9-25-18/h6-7,11,14,17H,4-5,8-10,12-13H2,1-3H3/t17-/m1/s1. The molecule has 0 aliphatic carbocycles. The molecule has 1 atom stereocenters. The Bertz CT molecular complexity index is 674. The first-order valence-electron chi connectivity index (χ1n) is 9.40. The maximum atomic E-state index is 13.2. The maximum Gasteiger partial charge on any atom is 0.245 e. The summed E-state index contributed by atoms with van der Waals surface area (Å²) in [7, 11) is 0. The number of hydrogen-bond acceptors (Lipinski definition) is 4. The van der Waals surface area contributed by atoms with Gasteiger partial charge in [-0.05, 0) is 36.5 Å². The highest BCUT2D eigenvalue weighted by atomic mass is 16.6. The topological polar surface area (TPSA) is 59.1 Å². The molecule has 2 aliphatic heterocycles. The van der Waals surface area contributed by atoms with E-state index in [2.05, 4.69) is 13.8 Å². The van der Waals surface area contributed by atoms with E-state index < -0.39 is 0 Å². The van der Waals surface area contributed by atoms with Gasteiger partial charge in [-0.3, -0.25) is 9.59 Å². The van der Waals surface area contributed by atoms with Crippen LogP contribution in [-0.4, -0.2) is 54.0 Å². The molecular weight excluding hydrogens is 332 g/mol. The summed E-state index contributed by atoms with van der Waals surface area (Å²) in [6.45, 7) is 8.69. The van der Waals surface area contributed by atoms with Crippen molar-refractivity contribution < 1.29 is 19.1 Å². The molecule has 1 saturated heterocycles. The predicted octanol–water partition coefficient (Wildman–Crippen LogP) is 2.45. The summed E-state index contributed by atoms with van der Waals surface area (Å²) in [6, 6.07) is 5.50. The Morgan fingerprint density at radius 3 is 2.65 bits per heavy atom. The number of fused-ring (bicyclic) bond motifs is 1. The van der Waals surface area contributed by atoms with Crippen LogP contribution < -0.4 is 9.47 Å². The molecule has 1 fully saturated rings. The molecule has 0 unspecified atom stereocenters. The minimum atomic E-state index is -0.330. The molecule has 1 aromatic rings. The lowest BCUT2D eigenvalue weighted by atomic mass is 10.1. The number of carbonyl (C=O) groups is 2. The smallest absolute Gasteiger partial charge is 0.245 e. The van der Waals surface area contributed by atoms with Crippen LogP contribution in [0.25, 0.3) is 0 Å². The highest BCUT2D eigenvalue weighted by Crippen LogP contribution is 2.31. The average molecular weight is 360 g/mol. The van der Waals surface area contributed by atoms with Crippen LogP contribution in [0.5, 0.6) is 11.5 Å². The van der Waals surface area contributed by atoms with Gasteiger partial charge in [0.05, 0.1) is 0 Å². The lowest BCUT2D eigenvalue weighted by Gasteiger charge is -2.31. The van der Waals surface area contributed by atoms with E-state index in [1.807, 2.05) is 23.1 Å². The molecule has 3 rings (SSSR count). The van der Waals surface area contributed by atoms with Crippen LogP contribution in [0.1, 0.15) is 39.2 Å². The monoisotopic (exact) mass is 360 g/mol. The van der Waals surface area contributed by atoms with Gasteiger partial charge in [-0.2, -0.15) is 0 Å². The molecule has 6 nitrogen and oxygen atoms in total. The van der Waals surface area contributed by atoms with Crippen LogP contribution in [0.15, 0.2) is 18.2 Å².